The Bertz CT molecular complexity index is 1150. The summed E-state index contributed by atoms with van der Waals surface area (Å²) in [5.41, 5.74) is 0.792. The first-order valence-electron chi connectivity index (χ1n) is 8.50. The molecule has 0 fully saturated rings. The molecule has 0 atom stereocenters. The van der Waals surface area contributed by atoms with Gasteiger partial charge < -0.3 is 14.4 Å². The molecule has 29 heavy (non-hydrogen) atoms. The van der Waals surface area contributed by atoms with Gasteiger partial charge in [0.05, 0.1) is 0 Å². The molecule has 2 heterocycles. The van der Waals surface area contributed by atoms with Gasteiger partial charge in [0.25, 0.3) is 5.89 Å². The lowest BCUT2D eigenvalue weighted by Crippen LogP contribution is -2.20. The normalized spacial score (nSPS) is 10.9. The number of carbonyl (C=O) groups is 1. The number of rotatable bonds is 5. The summed E-state index contributed by atoms with van der Waals surface area (Å²) < 4.78 is 35.3. The first kappa shape index (κ1) is 19.0. The smallest absolute Gasteiger partial charge is 0.274 e. The maximum Gasteiger partial charge on any atom is 0.274 e. The lowest BCUT2D eigenvalue weighted by Gasteiger charge is -2.09. The number of benzene rings is 2. The van der Waals surface area contributed by atoms with E-state index in [-0.39, 0.29) is 12.4 Å². The van der Waals surface area contributed by atoms with Crippen LogP contribution >= 0.6 is 15.9 Å². The maximum atomic E-state index is 13.7. The van der Waals surface area contributed by atoms with Crippen LogP contribution in [0.4, 0.5) is 14.5 Å². The summed E-state index contributed by atoms with van der Waals surface area (Å²) in [5, 5.41) is 6.22. The number of carbonyl (C=O) groups excluding carboxylic acids is 1. The van der Waals surface area contributed by atoms with Crippen LogP contribution in [0.1, 0.15) is 0 Å². The highest BCUT2D eigenvalue weighted by molar-refractivity contribution is 9.10. The quantitative estimate of drug-likeness (QED) is 0.462. The summed E-state index contributed by atoms with van der Waals surface area (Å²) in [6.07, 6.45) is 1.64. The summed E-state index contributed by atoms with van der Waals surface area (Å²) in [4.78, 5) is 16.7. The van der Waals surface area contributed by atoms with Crippen LogP contribution < -0.4 is 5.32 Å². The van der Waals surface area contributed by atoms with Crippen molar-refractivity contribution in [3.05, 3.63) is 76.9 Å². The predicted octanol–water partition coefficient (Wildman–Crippen LogP) is 4.88. The molecule has 0 saturated carbocycles. The molecule has 0 radical (unpaired) electrons. The Morgan fingerprint density at radius 1 is 1.07 bits per heavy atom. The molecule has 6 nitrogen and oxygen atoms in total. The van der Waals surface area contributed by atoms with Crippen molar-refractivity contribution < 1.29 is 18.1 Å². The summed E-state index contributed by atoms with van der Waals surface area (Å²) in [6, 6.07) is 14.2. The van der Waals surface area contributed by atoms with Gasteiger partial charge in [-0.3, -0.25) is 4.79 Å². The molecule has 0 bridgehead atoms. The van der Waals surface area contributed by atoms with Gasteiger partial charge in [-0.15, -0.1) is 0 Å². The van der Waals surface area contributed by atoms with E-state index in [2.05, 4.69) is 31.4 Å². The Labute approximate surface area is 172 Å². The van der Waals surface area contributed by atoms with Gasteiger partial charge in [0.1, 0.15) is 29.6 Å². The molecule has 0 saturated heterocycles. The molecule has 146 valence electrons. The molecule has 9 heteroatoms. The van der Waals surface area contributed by atoms with Crippen molar-refractivity contribution >= 4 is 27.5 Å². The van der Waals surface area contributed by atoms with Crippen molar-refractivity contribution in [2.45, 2.75) is 6.54 Å². The number of halogens is 3. The van der Waals surface area contributed by atoms with E-state index in [1.54, 1.807) is 22.9 Å². The first-order valence-corrected chi connectivity index (χ1v) is 9.29. The van der Waals surface area contributed by atoms with Gasteiger partial charge in [-0.25, -0.2) is 8.78 Å². The van der Waals surface area contributed by atoms with Crippen LogP contribution in [0.15, 0.2) is 69.8 Å². The van der Waals surface area contributed by atoms with Gasteiger partial charge >= 0.3 is 0 Å². The van der Waals surface area contributed by atoms with E-state index in [0.29, 0.717) is 11.5 Å². The van der Waals surface area contributed by atoms with Crippen LogP contribution in [0.3, 0.4) is 0 Å². The van der Waals surface area contributed by atoms with Crippen LogP contribution in [-0.4, -0.2) is 20.6 Å². The zero-order chi connectivity index (χ0) is 20.4. The third-order valence-electron chi connectivity index (χ3n) is 4.12. The van der Waals surface area contributed by atoms with Crippen LogP contribution in [-0.2, 0) is 11.3 Å². The van der Waals surface area contributed by atoms with Crippen LogP contribution in [0.2, 0.25) is 0 Å². The van der Waals surface area contributed by atoms with Gasteiger partial charge in [-0.05, 0) is 48.5 Å². The van der Waals surface area contributed by atoms with E-state index in [1.165, 1.54) is 6.07 Å². The van der Waals surface area contributed by atoms with Crippen LogP contribution in [0.25, 0.3) is 23.0 Å². The molecule has 0 spiro atoms. The maximum absolute atomic E-state index is 13.7. The fourth-order valence-corrected chi connectivity index (χ4v) is 3.01. The summed E-state index contributed by atoms with van der Waals surface area (Å²) in [7, 11) is 0. The third-order valence-corrected chi connectivity index (χ3v) is 4.65. The topological polar surface area (TPSA) is 73.0 Å². The number of para-hydroxylation sites is 1. The number of amides is 1. The minimum atomic E-state index is -0.845. The average Bonchev–Trinajstić information content (AvgIpc) is 3.35. The van der Waals surface area contributed by atoms with Gasteiger partial charge in [0, 0.05) is 16.2 Å². The minimum absolute atomic E-state index is 0.188. The van der Waals surface area contributed by atoms with E-state index < -0.39 is 23.2 Å². The average molecular weight is 459 g/mol. The number of hydrogen-bond acceptors (Lipinski definition) is 4. The highest BCUT2D eigenvalue weighted by Gasteiger charge is 2.17. The summed E-state index contributed by atoms with van der Waals surface area (Å²) in [5.74, 6) is -1.67. The Morgan fingerprint density at radius 3 is 2.52 bits per heavy atom. The molecule has 1 N–H and O–H groups in total. The second-order valence-electron chi connectivity index (χ2n) is 6.10. The number of aromatic nitrogens is 3. The second kappa shape index (κ2) is 7.96. The zero-order valence-corrected chi connectivity index (χ0v) is 16.4. The SMILES string of the molecule is O=C(Cn1cccc1-c1nc(-c2ccc(Br)cc2)no1)Nc1c(F)cccc1F. The van der Waals surface area contributed by atoms with Crippen molar-refractivity contribution in [2.24, 2.45) is 0 Å². The molecule has 4 rings (SSSR count). The van der Waals surface area contributed by atoms with Crippen molar-refractivity contribution in [1.29, 1.82) is 0 Å². The molecule has 0 aliphatic heterocycles. The van der Waals surface area contributed by atoms with Gasteiger partial charge in [0.15, 0.2) is 0 Å². The molecule has 2 aromatic heterocycles. The van der Waals surface area contributed by atoms with E-state index >= 15 is 0 Å². The van der Waals surface area contributed by atoms with Crippen molar-refractivity contribution in [2.75, 3.05) is 5.32 Å². The van der Waals surface area contributed by atoms with Crippen LogP contribution in [0, 0.1) is 11.6 Å². The van der Waals surface area contributed by atoms with E-state index in [4.69, 9.17) is 4.52 Å². The first-order chi connectivity index (χ1) is 14.0. The molecular formula is C20H13BrF2N4O2. The van der Waals surface area contributed by atoms with Gasteiger partial charge in [-0.2, -0.15) is 4.98 Å². The summed E-state index contributed by atoms with van der Waals surface area (Å²) >= 11 is 3.37. The number of anilines is 1. The minimum Gasteiger partial charge on any atom is -0.334 e. The number of nitrogens with one attached hydrogen (secondary N) is 1. The summed E-state index contributed by atoms with van der Waals surface area (Å²) in [6.45, 7) is -0.188. The fourth-order valence-electron chi connectivity index (χ4n) is 2.74. The van der Waals surface area contributed by atoms with E-state index in [9.17, 15) is 13.6 Å². The third kappa shape index (κ3) is 4.09. The highest BCUT2D eigenvalue weighted by Crippen LogP contribution is 2.24. The van der Waals surface area contributed by atoms with Crippen molar-refractivity contribution in [3.8, 4) is 23.0 Å². The largest absolute Gasteiger partial charge is 0.334 e. The molecule has 0 aliphatic carbocycles. The zero-order valence-electron chi connectivity index (χ0n) is 14.8. The van der Waals surface area contributed by atoms with Crippen molar-refractivity contribution in [1.82, 2.24) is 14.7 Å². The van der Waals surface area contributed by atoms with Gasteiger partial charge in [-0.1, -0.05) is 27.2 Å². The Kier molecular flexibility index (Phi) is 5.22. The molecular weight excluding hydrogens is 446 g/mol. The molecule has 4 aromatic rings. The fraction of sp³-hybridized carbons (Fsp3) is 0.0500. The van der Waals surface area contributed by atoms with Crippen molar-refractivity contribution in [3.63, 3.8) is 0 Å². The second-order valence-corrected chi connectivity index (χ2v) is 7.01. The molecule has 1 amide bonds. The van der Waals surface area contributed by atoms with Gasteiger partial charge in [0.2, 0.25) is 11.7 Å². The lowest BCUT2D eigenvalue weighted by atomic mass is 10.2. The van der Waals surface area contributed by atoms with E-state index in [0.717, 1.165) is 22.2 Å². The number of nitrogens with zero attached hydrogens (tertiary/aromatic N) is 3. The number of hydrogen-bond donors (Lipinski definition) is 1. The molecule has 0 aliphatic rings. The van der Waals surface area contributed by atoms with E-state index in [1.807, 2.05) is 24.3 Å². The van der Waals surface area contributed by atoms with Crippen LogP contribution in [0.5, 0.6) is 0 Å². The Balaban J connectivity index is 1.53. The molecule has 0 unspecified atom stereocenters. The lowest BCUT2D eigenvalue weighted by molar-refractivity contribution is -0.116. The standard InChI is InChI=1S/C20H13BrF2N4O2/c21-13-8-6-12(7-9-13)19-25-20(29-26-19)16-5-2-10-27(16)11-17(28)24-18-14(22)3-1-4-15(18)23/h1-10H,11H2,(H,24,28). The monoisotopic (exact) mass is 458 g/mol. The Morgan fingerprint density at radius 2 is 1.79 bits per heavy atom. The molecule has 2 aromatic carbocycles. The highest BCUT2D eigenvalue weighted by atomic mass is 79.9. The Hall–Kier alpha value is -3.33. The predicted molar refractivity (Wildman–Crippen MR) is 106 cm³/mol.